The highest BCUT2D eigenvalue weighted by molar-refractivity contribution is 14.0. The van der Waals surface area contributed by atoms with Crippen LogP contribution in [0, 0.1) is 12.3 Å². The summed E-state index contributed by atoms with van der Waals surface area (Å²) in [7, 11) is 1.92. The van der Waals surface area contributed by atoms with Gasteiger partial charge in [-0.05, 0) is 49.7 Å². The molecule has 26 heavy (non-hydrogen) atoms. The highest BCUT2D eigenvalue weighted by Crippen LogP contribution is 2.45. The van der Waals surface area contributed by atoms with Gasteiger partial charge in [0.15, 0.2) is 5.96 Å². The lowest BCUT2D eigenvalue weighted by Gasteiger charge is -2.26. The van der Waals surface area contributed by atoms with E-state index in [-0.39, 0.29) is 24.0 Å². The van der Waals surface area contributed by atoms with Gasteiger partial charge in [-0.2, -0.15) is 0 Å². The molecule has 4 nitrogen and oxygen atoms in total. The van der Waals surface area contributed by atoms with Crippen molar-refractivity contribution in [1.29, 1.82) is 0 Å². The van der Waals surface area contributed by atoms with Gasteiger partial charge in [-0.15, -0.1) is 24.0 Å². The molecule has 2 N–H and O–H groups in total. The van der Waals surface area contributed by atoms with Crippen LogP contribution in [0.15, 0.2) is 29.3 Å². The monoisotopic (exact) mass is 466 g/mol. The lowest BCUT2D eigenvalue weighted by atomic mass is 9.86. The van der Waals surface area contributed by atoms with Crippen LogP contribution in [0.2, 0.25) is 0 Å². The van der Waals surface area contributed by atoms with Crippen LogP contribution in [-0.4, -0.2) is 42.5 Å². The van der Waals surface area contributed by atoms with Gasteiger partial charge in [-0.1, -0.05) is 31.0 Å². The van der Waals surface area contributed by atoms with Crippen molar-refractivity contribution in [2.24, 2.45) is 10.4 Å². The molecule has 2 fully saturated rings. The summed E-state index contributed by atoms with van der Waals surface area (Å²) in [6.45, 7) is 5.46. The second kappa shape index (κ2) is 8.19. The van der Waals surface area contributed by atoms with Gasteiger partial charge in [0.2, 0.25) is 0 Å². The van der Waals surface area contributed by atoms with Gasteiger partial charge >= 0.3 is 0 Å². The molecule has 5 heteroatoms. The number of rotatable bonds is 3. The van der Waals surface area contributed by atoms with Crippen molar-refractivity contribution in [1.82, 2.24) is 15.2 Å². The summed E-state index contributed by atoms with van der Waals surface area (Å²) in [4.78, 5) is 10.5. The van der Waals surface area contributed by atoms with Gasteiger partial charge < -0.3 is 15.2 Å². The molecule has 1 aromatic carbocycles. The summed E-state index contributed by atoms with van der Waals surface area (Å²) in [6.07, 6.45) is 8.02. The summed E-state index contributed by atoms with van der Waals surface area (Å²) in [5.41, 5.74) is 4.53. The molecule has 1 saturated heterocycles. The van der Waals surface area contributed by atoms with Gasteiger partial charge in [-0.25, -0.2) is 0 Å². The SMILES string of the molecule is CN=C(NCCc1c(C)[nH]c2ccccc12)N1CCC2(CCCC2)C1.I. The van der Waals surface area contributed by atoms with Crippen molar-refractivity contribution in [2.45, 2.75) is 45.4 Å². The first-order valence-electron chi connectivity index (χ1n) is 9.73. The maximum absolute atomic E-state index is 4.55. The summed E-state index contributed by atoms with van der Waals surface area (Å²) in [6, 6.07) is 8.59. The van der Waals surface area contributed by atoms with Gasteiger partial charge in [0.1, 0.15) is 0 Å². The maximum atomic E-state index is 4.55. The molecule has 2 heterocycles. The molecule has 0 unspecified atom stereocenters. The Morgan fingerprint density at radius 1 is 1.23 bits per heavy atom. The molecule has 0 amide bonds. The number of nitrogens with one attached hydrogen (secondary N) is 2. The number of H-pyrrole nitrogens is 1. The molecule has 1 aliphatic carbocycles. The molecule has 0 bridgehead atoms. The van der Waals surface area contributed by atoms with E-state index in [0.29, 0.717) is 5.41 Å². The minimum Gasteiger partial charge on any atom is -0.358 e. The second-order valence-electron chi connectivity index (χ2n) is 7.88. The minimum absolute atomic E-state index is 0. The number of aromatic nitrogens is 1. The summed E-state index contributed by atoms with van der Waals surface area (Å²) >= 11 is 0. The zero-order chi connectivity index (χ0) is 17.3. The second-order valence-corrected chi connectivity index (χ2v) is 7.88. The predicted octanol–water partition coefficient (Wildman–Crippen LogP) is 4.48. The molecule has 2 aromatic rings. The Hall–Kier alpha value is -1.24. The smallest absolute Gasteiger partial charge is 0.193 e. The topological polar surface area (TPSA) is 43.4 Å². The van der Waals surface area contributed by atoms with Crippen LogP contribution in [0.1, 0.15) is 43.4 Å². The Morgan fingerprint density at radius 2 is 2.00 bits per heavy atom. The number of fused-ring (bicyclic) bond motifs is 1. The maximum Gasteiger partial charge on any atom is 0.193 e. The Morgan fingerprint density at radius 3 is 2.77 bits per heavy atom. The average molecular weight is 466 g/mol. The van der Waals surface area contributed by atoms with Crippen LogP contribution in [0.4, 0.5) is 0 Å². The average Bonchev–Trinajstić information content (AvgIpc) is 3.33. The lowest BCUT2D eigenvalue weighted by Crippen LogP contribution is -2.41. The molecule has 142 valence electrons. The van der Waals surface area contributed by atoms with E-state index in [1.165, 1.54) is 60.8 Å². The normalized spacial score (nSPS) is 19.3. The number of para-hydroxylation sites is 1. The van der Waals surface area contributed by atoms with Crippen molar-refractivity contribution < 1.29 is 0 Å². The van der Waals surface area contributed by atoms with E-state index in [0.717, 1.165) is 25.5 Å². The quantitative estimate of drug-likeness (QED) is 0.398. The molecular weight excluding hydrogens is 435 g/mol. The first-order chi connectivity index (χ1) is 12.2. The van der Waals surface area contributed by atoms with Gasteiger partial charge in [0.25, 0.3) is 0 Å². The van der Waals surface area contributed by atoms with Crippen molar-refractivity contribution in [3.63, 3.8) is 0 Å². The molecular formula is C21H31IN4. The first kappa shape index (κ1) is 19.5. The van der Waals surface area contributed by atoms with E-state index in [1.807, 2.05) is 7.05 Å². The fourth-order valence-electron chi connectivity index (χ4n) is 4.94. The third kappa shape index (κ3) is 3.73. The largest absolute Gasteiger partial charge is 0.358 e. The van der Waals surface area contributed by atoms with E-state index in [2.05, 4.69) is 51.4 Å². The van der Waals surface area contributed by atoms with Gasteiger partial charge in [-0.3, -0.25) is 4.99 Å². The van der Waals surface area contributed by atoms with E-state index in [9.17, 15) is 0 Å². The molecule has 1 saturated carbocycles. The van der Waals surface area contributed by atoms with E-state index in [4.69, 9.17) is 0 Å². The van der Waals surface area contributed by atoms with Crippen molar-refractivity contribution in [2.75, 3.05) is 26.7 Å². The number of guanidine groups is 1. The van der Waals surface area contributed by atoms with E-state index >= 15 is 0 Å². The lowest BCUT2D eigenvalue weighted by molar-refractivity contribution is 0.309. The number of nitrogens with zero attached hydrogens (tertiary/aromatic N) is 2. The molecule has 0 atom stereocenters. The highest BCUT2D eigenvalue weighted by atomic mass is 127. The zero-order valence-corrected chi connectivity index (χ0v) is 18.3. The number of likely N-dealkylation sites (tertiary alicyclic amines) is 1. The Kier molecular flexibility index (Phi) is 6.15. The third-order valence-corrected chi connectivity index (χ3v) is 6.30. The molecule has 4 rings (SSSR count). The van der Waals surface area contributed by atoms with Crippen molar-refractivity contribution in [3.8, 4) is 0 Å². The Balaban J connectivity index is 0.00000196. The molecule has 0 radical (unpaired) electrons. The fraction of sp³-hybridized carbons (Fsp3) is 0.571. The van der Waals surface area contributed by atoms with Crippen molar-refractivity contribution >= 4 is 40.8 Å². The van der Waals surface area contributed by atoms with Crippen molar-refractivity contribution in [3.05, 3.63) is 35.5 Å². The highest BCUT2D eigenvalue weighted by Gasteiger charge is 2.40. The minimum atomic E-state index is 0. The van der Waals surface area contributed by atoms with Gasteiger partial charge in [0, 0.05) is 43.3 Å². The van der Waals surface area contributed by atoms with E-state index in [1.54, 1.807) is 0 Å². The number of aryl methyl sites for hydroxylation is 1. The predicted molar refractivity (Wildman–Crippen MR) is 121 cm³/mol. The van der Waals surface area contributed by atoms with E-state index < -0.39 is 0 Å². The standard InChI is InChI=1S/C21H30N4.HI/c1-16-17(18-7-3-4-8-19(18)24-16)9-13-23-20(22-2)25-14-12-21(15-25)10-5-6-11-21;/h3-4,7-8,24H,5-6,9-15H2,1-2H3,(H,22,23);1H. The number of halogens is 1. The number of hydrogen-bond donors (Lipinski definition) is 2. The Bertz CT molecular complexity index is 773. The fourth-order valence-corrected chi connectivity index (χ4v) is 4.94. The zero-order valence-electron chi connectivity index (χ0n) is 16.0. The molecule has 1 aromatic heterocycles. The Labute approximate surface area is 173 Å². The molecule has 1 aliphatic heterocycles. The van der Waals surface area contributed by atoms with Crippen LogP contribution in [0.5, 0.6) is 0 Å². The number of benzene rings is 1. The third-order valence-electron chi connectivity index (χ3n) is 6.30. The van der Waals surface area contributed by atoms with Crippen LogP contribution in [0.25, 0.3) is 10.9 Å². The molecule has 2 aliphatic rings. The van der Waals surface area contributed by atoms with Crippen LogP contribution in [-0.2, 0) is 6.42 Å². The van der Waals surface area contributed by atoms with Crippen LogP contribution in [0.3, 0.4) is 0 Å². The van der Waals surface area contributed by atoms with Gasteiger partial charge in [0.05, 0.1) is 0 Å². The molecule has 1 spiro atoms. The number of aliphatic imine (C=N–C) groups is 1. The summed E-state index contributed by atoms with van der Waals surface area (Å²) < 4.78 is 0. The summed E-state index contributed by atoms with van der Waals surface area (Å²) in [5.74, 6) is 1.08. The van der Waals surface area contributed by atoms with Crippen LogP contribution < -0.4 is 5.32 Å². The summed E-state index contributed by atoms with van der Waals surface area (Å²) in [5, 5.41) is 4.96. The van der Waals surface area contributed by atoms with Crippen LogP contribution >= 0.6 is 24.0 Å². The first-order valence-corrected chi connectivity index (χ1v) is 9.73. The number of aromatic amines is 1. The number of hydrogen-bond acceptors (Lipinski definition) is 1.